The highest BCUT2D eigenvalue weighted by molar-refractivity contribution is 6.10. The molecule has 0 atom stereocenters. The lowest BCUT2D eigenvalue weighted by Gasteiger charge is -2.05. The van der Waals surface area contributed by atoms with Crippen LogP contribution in [0.1, 0.15) is 34.8 Å². The monoisotopic (exact) mass is 236 g/mol. The first-order valence-electron chi connectivity index (χ1n) is 6.18. The van der Waals surface area contributed by atoms with Crippen LogP contribution in [0, 0.1) is 0 Å². The van der Waals surface area contributed by atoms with Gasteiger partial charge in [-0.2, -0.15) is 0 Å². The summed E-state index contributed by atoms with van der Waals surface area (Å²) in [5.41, 5.74) is 2.47. The lowest BCUT2D eigenvalue weighted by molar-refractivity contribution is 0.103. The Morgan fingerprint density at radius 3 is 2.39 bits per heavy atom. The van der Waals surface area contributed by atoms with E-state index in [0.717, 1.165) is 23.1 Å². The van der Waals surface area contributed by atoms with Crippen molar-refractivity contribution in [3.63, 3.8) is 0 Å². The van der Waals surface area contributed by atoms with Gasteiger partial charge in [-0.05, 0) is 12.0 Å². The van der Waals surface area contributed by atoms with Crippen molar-refractivity contribution in [1.82, 2.24) is 0 Å². The smallest absolute Gasteiger partial charge is 0.193 e. The summed E-state index contributed by atoms with van der Waals surface area (Å²) in [6.07, 6.45) is 5.04. The minimum atomic E-state index is 0.0759. The molecule has 0 bridgehead atoms. The quantitative estimate of drug-likeness (QED) is 0.722. The van der Waals surface area contributed by atoms with Gasteiger partial charge in [-0.3, -0.25) is 4.79 Å². The van der Waals surface area contributed by atoms with Gasteiger partial charge in [0.1, 0.15) is 0 Å². The largest absolute Gasteiger partial charge is 0.289 e. The first-order chi connectivity index (χ1) is 8.83. The summed E-state index contributed by atoms with van der Waals surface area (Å²) < 4.78 is 0. The van der Waals surface area contributed by atoms with Crippen LogP contribution in [-0.4, -0.2) is 5.78 Å². The summed E-state index contributed by atoms with van der Waals surface area (Å²) in [5.74, 6) is 0.0759. The molecule has 0 amide bonds. The predicted octanol–water partition coefficient (Wildman–Crippen LogP) is 4.34. The first-order valence-corrected chi connectivity index (χ1v) is 6.18. The van der Waals surface area contributed by atoms with E-state index in [1.54, 1.807) is 0 Å². The number of carbonyl (C=O) groups is 1. The number of rotatable bonds is 4. The Morgan fingerprint density at radius 1 is 1.00 bits per heavy atom. The van der Waals surface area contributed by atoms with Crippen LogP contribution in [0.4, 0.5) is 0 Å². The van der Waals surface area contributed by atoms with Crippen molar-refractivity contribution in [2.24, 2.45) is 0 Å². The summed E-state index contributed by atoms with van der Waals surface area (Å²) in [6, 6.07) is 17.1. The lowest BCUT2D eigenvalue weighted by atomic mass is 9.98. The maximum Gasteiger partial charge on any atom is 0.193 e. The van der Waals surface area contributed by atoms with Gasteiger partial charge in [0.25, 0.3) is 0 Å². The number of hydrogen-bond donors (Lipinski definition) is 0. The number of benzene rings is 2. The molecule has 0 unspecified atom stereocenters. The Morgan fingerprint density at radius 2 is 1.67 bits per heavy atom. The molecule has 1 heteroatoms. The van der Waals surface area contributed by atoms with Gasteiger partial charge in [-0.15, -0.1) is 0 Å². The van der Waals surface area contributed by atoms with Crippen LogP contribution in [0.3, 0.4) is 0 Å². The average molecular weight is 236 g/mol. The second-order valence-corrected chi connectivity index (χ2v) is 4.09. The van der Waals surface area contributed by atoms with Crippen molar-refractivity contribution in [3.8, 4) is 0 Å². The molecular weight excluding hydrogens is 220 g/mol. The van der Waals surface area contributed by atoms with E-state index in [9.17, 15) is 4.79 Å². The Hall–Kier alpha value is -2.15. The fourth-order valence-corrected chi connectivity index (χ4v) is 1.84. The first kappa shape index (κ1) is 12.3. The predicted molar refractivity (Wildman–Crippen MR) is 75.6 cm³/mol. The van der Waals surface area contributed by atoms with Gasteiger partial charge in [-0.1, -0.05) is 73.7 Å². The van der Waals surface area contributed by atoms with Gasteiger partial charge in [-0.25, -0.2) is 0 Å². The van der Waals surface area contributed by atoms with Gasteiger partial charge in [0.2, 0.25) is 0 Å². The normalized spacial score (nSPS) is 10.7. The molecular formula is C17H16O. The van der Waals surface area contributed by atoms with Crippen molar-refractivity contribution >= 4 is 11.9 Å². The van der Waals surface area contributed by atoms with E-state index in [1.807, 2.05) is 60.7 Å². The summed E-state index contributed by atoms with van der Waals surface area (Å²) in [5, 5.41) is 0. The maximum absolute atomic E-state index is 12.4. The third kappa shape index (κ3) is 2.75. The third-order valence-corrected chi connectivity index (χ3v) is 2.77. The Balaban J connectivity index is 2.39. The number of hydrogen-bond acceptors (Lipinski definition) is 1. The molecule has 2 rings (SSSR count). The fraction of sp³-hybridized carbons (Fsp3) is 0.118. The fourth-order valence-electron chi connectivity index (χ4n) is 1.84. The van der Waals surface area contributed by atoms with E-state index >= 15 is 0 Å². The van der Waals surface area contributed by atoms with Crippen LogP contribution in [0.25, 0.3) is 6.08 Å². The number of ketones is 1. The van der Waals surface area contributed by atoms with Crippen LogP contribution in [-0.2, 0) is 0 Å². The molecule has 0 saturated carbocycles. The zero-order valence-corrected chi connectivity index (χ0v) is 10.5. The zero-order chi connectivity index (χ0) is 12.8. The molecule has 0 radical (unpaired) electrons. The molecule has 0 aromatic heterocycles. The summed E-state index contributed by atoms with van der Waals surface area (Å²) >= 11 is 0. The van der Waals surface area contributed by atoms with Gasteiger partial charge in [0, 0.05) is 11.1 Å². The zero-order valence-electron chi connectivity index (χ0n) is 10.5. The molecule has 0 spiro atoms. The van der Waals surface area contributed by atoms with E-state index in [0.29, 0.717) is 0 Å². The molecule has 0 aliphatic heterocycles. The second-order valence-electron chi connectivity index (χ2n) is 4.09. The molecule has 0 N–H and O–H groups in total. The van der Waals surface area contributed by atoms with E-state index in [1.165, 1.54) is 0 Å². The van der Waals surface area contributed by atoms with Crippen molar-refractivity contribution in [2.45, 2.75) is 13.3 Å². The van der Waals surface area contributed by atoms with Crippen molar-refractivity contribution in [3.05, 3.63) is 77.4 Å². The van der Waals surface area contributed by atoms with Crippen LogP contribution < -0.4 is 0 Å². The molecule has 18 heavy (non-hydrogen) atoms. The molecule has 0 heterocycles. The number of carbonyl (C=O) groups excluding carboxylic acids is 1. The molecule has 1 nitrogen and oxygen atoms in total. The molecule has 2 aromatic rings. The highest BCUT2D eigenvalue weighted by atomic mass is 16.1. The number of allylic oxidation sites excluding steroid dienone is 1. The van der Waals surface area contributed by atoms with Crippen molar-refractivity contribution in [2.75, 3.05) is 0 Å². The highest BCUT2D eigenvalue weighted by Gasteiger charge is 2.10. The van der Waals surface area contributed by atoms with Gasteiger partial charge in [0.15, 0.2) is 5.78 Å². The Kier molecular flexibility index (Phi) is 4.08. The molecule has 0 fully saturated rings. The minimum Gasteiger partial charge on any atom is -0.289 e. The van der Waals surface area contributed by atoms with Gasteiger partial charge in [0.05, 0.1) is 0 Å². The van der Waals surface area contributed by atoms with Crippen molar-refractivity contribution in [1.29, 1.82) is 0 Å². The minimum absolute atomic E-state index is 0.0759. The summed E-state index contributed by atoms with van der Waals surface area (Å²) in [6.45, 7) is 2.08. The Labute approximate surface area is 108 Å². The van der Waals surface area contributed by atoms with Crippen LogP contribution >= 0.6 is 0 Å². The average Bonchev–Trinajstić information content (AvgIpc) is 2.45. The standard InChI is InChI=1S/C17H16O/c1-2-3-9-14-10-7-8-13-16(14)17(18)15-11-5-4-6-12-15/h3-13H,2H2,1H3. The lowest BCUT2D eigenvalue weighted by Crippen LogP contribution is -2.03. The Bertz CT molecular complexity index is 553. The van der Waals surface area contributed by atoms with Crippen LogP contribution in [0.2, 0.25) is 0 Å². The van der Waals surface area contributed by atoms with Crippen LogP contribution in [0.15, 0.2) is 60.7 Å². The second kappa shape index (κ2) is 5.97. The van der Waals surface area contributed by atoms with Crippen LogP contribution in [0.5, 0.6) is 0 Å². The summed E-state index contributed by atoms with van der Waals surface area (Å²) in [7, 11) is 0. The molecule has 0 saturated heterocycles. The van der Waals surface area contributed by atoms with E-state index in [-0.39, 0.29) is 5.78 Å². The van der Waals surface area contributed by atoms with Gasteiger partial charge < -0.3 is 0 Å². The molecule has 0 aliphatic carbocycles. The molecule has 2 aromatic carbocycles. The molecule has 90 valence electrons. The SMILES string of the molecule is CCC=Cc1ccccc1C(=O)c1ccccc1. The maximum atomic E-state index is 12.4. The topological polar surface area (TPSA) is 17.1 Å². The van der Waals surface area contributed by atoms with E-state index < -0.39 is 0 Å². The van der Waals surface area contributed by atoms with E-state index in [2.05, 4.69) is 13.0 Å². The van der Waals surface area contributed by atoms with Crippen molar-refractivity contribution < 1.29 is 4.79 Å². The highest BCUT2D eigenvalue weighted by Crippen LogP contribution is 2.16. The molecule has 0 aliphatic rings. The van der Waals surface area contributed by atoms with E-state index in [4.69, 9.17) is 0 Å². The third-order valence-electron chi connectivity index (χ3n) is 2.77. The van der Waals surface area contributed by atoms with Gasteiger partial charge >= 0.3 is 0 Å². The summed E-state index contributed by atoms with van der Waals surface area (Å²) in [4.78, 5) is 12.4.